The number of amides is 1. The number of halogens is 4. The molecule has 1 amide bonds. The van der Waals surface area contributed by atoms with Crippen molar-refractivity contribution >= 4 is 15.9 Å². The number of benzene rings is 2. The van der Waals surface area contributed by atoms with Crippen LogP contribution >= 0.6 is 0 Å². The standard InChI is InChI=1S/C23H24F4N2O3S/c1-33(31,32)28-14-4-3-9-29(12-14)23(30)18-11-16(18)15-8-7-13(22(26)27)10-17(15)21-19(24)5-2-6-20(21)25/h2,5-8,10,14,16,18,22,28H,3-4,9,11-12H2,1H3/t14-,16+,18-/m1/s1. The Morgan fingerprint density at radius 1 is 1.15 bits per heavy atom. The molecule has 0 aromatic heterocycles. The maximum atomic E-state index is 14.5. The predicted molar refractivity (Wildman–Crippen MR) is 115 cm³/mol. The highest BCUT2D eigenvalue weighted by molar-refractivity contribution is 7.88. The second-order valence-corrected chi connectivity index (χ2v) is 10.5. The molecular weight excluding hydrogens is 460 g/mol. The molecule has 0 radical (unpaired) electrons. The lowest BCUT2D eigenvalue weighted by molar-refractivity contribution is -0.133. The van der Waals surface area contributed by atoms with Crippen molar-refractivity contribution in [2.75, 3.05) is 19.3 Å². The molecule has 2 aromatic carbocycles. The Labute approximate surface area is 189 Å². The van der Waals surface area contributed by atoms with Gasteiger partial charge in [-0.05, 0) is 54.5 Å². The molecule has 10 heteroatoms. The molecule has 0 spiro atoms. The van der Waals surface area contributed by atoms with Gasteiger partial charge in [0.15, 0.2) is 0 Å². The van der Waals surface area contributed by atoms with Gasteiger partial charge in [-0.15, -0.1) is 0 Å². The maximum Gasteiger partial charge on any atom is 0.263 e. The normalized spacial score (nSPS) is 23.1. The summed E-state index contributed by atoms with van der Waals surface area (Å²) in [5, 5.41) is 0. The molecule has 1 aliphatic heterocycles. The SMILES string of the molecule is CS(=O)(=O)N[C@@H]1CCCN(C(=O)[C@@H]2C[C@H]2c2ccc(C(F)F)cc2-c2c(F)cccc2F)C1. The number of likely N-dealkylation sites (tertiary alicyclic amines) is 1. The quantitative estimate of drug-likeness (QED) is 0.625. The highest BCUT2D eigenvalue weighted by Gasteiger charge is 2.47. The zero-order valence-electron chi connectivity index (χ0n) is 17.9. The van der Waals surface area contributed by atoms with Crippen LogP contribution in [-0.4, -0.2) is 44.6 Å². The van der Waals surface area contributed by atoms with Crippen molar-refractivity contribution in [3.63, 3.8) is 0 Å². The molecule has 2 aliphatic rings. The zero-order chi connectivity index (χ0) is 23.9. The maximum absolute atomic E-state index is 14.5. The van der Waals surface area contributed by atoms with E-state index in [1.807, 2.05) is 0 Å². The molecule has 4 rings (SSSR count). The summed E-state index contributed by atoms with van der Waals surface area (Å²) in [7, 11) is -3.41. The Morgan fingerprint density at radius 3 is 2.48 bits per heavy atom. The van der Waals surface area contributed by atoms with E-state index < -0.39 is 34.0 Å². The topological polar surface area (TPSA) is 66.5 Å². The van der Waals surface area contributed by atoms with Gasteiger partial charge >= 0.3 is 0 Å². The van der Waals surface area contributed by atoms with Crippen LogP contribution < -0.4 is 4.72 Å². The lowest BCUT2D eigenvalue weighted by atomic mass is 9.93. The first kappa shape index (κ1) is 23.7. The third kappa shape index (κ3) is 5.22. The van der Waals surface area contributed by atoms with Crippen LogP contribution in [0.25, 0.3) is 11.1 Å². The number of hydrogen-bond acceptors (Lipinski definition) is 3. The molecule has 2 fully saturated rings. The number of carbonyl (C=O) groups is 1. The lowest BCUT2D eigenvalue weighted by Gasteiger charge is -2.33. The Balaban J connectivity index is 1.59. The summed E-state index contributed by atoms with van der Waals surface area (Å²) in [5.74, 6) is -2.71. The van der Waals surface area contributed by atoms with Gasteiger partial charge in [-0.2, -0.15) is 0 Å². The van der Waals surface area contributed by atoms with E-state index in [0.717, 1.165) is 24.5 Å². The number of rotatable bonds is 6. The van der Waals surface area contributed by atoms with Crippen LogP contribution in [-0.2, 0) is 14.8 Å². The fourth-order valence-corrected chi connectivity index (χ4v) is 5.42. The highest BCUT2D eigenvalue weighted by atomic mass is 32.2. The van der Waals surface area contributed by atoms with Crippen LogP contribution in [0.3, 0.4) is 0 Å². The summed E-state index contributed by atoms with van der Waals surface area (Å²) in [6.45, 7) is 0.733. The molecule has 1 aliphatic carbocycles. The van der Waals surface area contributed by atoms with E-state index in [9.17, 15) is 30.8 Å². The smallest absolute Gasteiger partial charge is 0.263 e. The van der Waals surface area contributed by atoms with Gasteiger partial charge in [0.05, 0.1) is 11.8 Å². The summed E-state index contributed by atoms with van der Waals surface area (Å²) in [6.07, 6.45) is -0.0490. The van der Waals surface area contributed by atoms with Gasteiger partial charge in [-0.1, -0.05) is 18.2 Å². The number of nitrogens with zero attached hydrogens (tertiary/aromatic N) is 1. The Hall–Kier alpha value is -2.46. The van der Waals surface area contributed by atoms with E-state index in [1.165, 1.54) is 18.2 Å². The molecule has 178 valence electrons. The summed E-state index contributed by atoms with van der Waals surface area (Å²) in [6, 6.07) is 6.69. The summed E-state index contributed by atoms with van der Waals surface area (Å²) < 4.78 is 81.2. The van der Waals surface area contributed by atoms with Crippen molar-refractivity contribution in [1.82, 2.24) is 9.62 Å². The Kier molecular flexibility index (Phi) is 6.50. The van der Waals surface area contributed by atoms with Gasteiger partial charge in [0.2, 0.25) is 15.9 Å². The minimum Gasteiger partial charge on any atom is -0.341 e. The summed E-state index contributed by atoms with van der Waals surface area (Å²) in [5.41, 5.74) is -0.266. The fraction of sp³-hybridized carbons (Fsp3) is 0.435. The van der Waals surface area contributed by atoms with Crippen molar-refractivity contribution in [3.8, 4) is 11.1 Å². The largest absolute Gasteiger partial charge is 0.341 e. The van der Waals surface area contributed by atoms with E-state index in [-0.39, 0.29) is 41.1 Å². The van der Waals surface area contributed by atoms with Gasteiger partial charge in [0, 0.05) is 30.6 Å². The molecule has 0 unspecified atom stereocenters. The first-order chi connectivity index (χ1) is 15.5. The van der Waals surface area contributed by atoms with Gasteiger partial charge in [0.1, 0.15) is 11.6 Å². The van der Waals surface area contributed by atoms with E-state index in [0.29, 0.717) is 31.4 Å². The predicted octanol–water partition coefficient (Wildman–Crippen LogP) is 4.21. The molecule has 33 heavy (non-hydrogen) atoms. The van der Waals surface area contributed by atoms with E-state index in [4.69, 9.17) is 0 Å². The number of nitrogens with one attached hydrogen (secondary N) is 1. The van der Waals surface area contributed by atoms with Crippen molar-refractivity contribution in [3.05, 3.63) is 59.2 Å². The fourth-order valence-electron chi connectivity index (χ4n) is 4.63. The van der Waals surface area contributed by atoms with Crippen LogP contribution in [0.5, 0.6) is 0 Å². The number of carbonyl (C=O) groups excluding carboxylic acids is 1. The second-order valence-electron chi connectivity index (χ2n) is 8.71. The van der Waals surface area contributed by atoms with Crippen LogP contribution in [0.4, 0.5) is 17.6 Å². The molecule has 3 atom stereocenters. The van der Waals surface area contributed by atoms with Gasteiger partial charge in [-0.25, -0.2) is 30.7 Å². The van der Waals surface area contributed by atoms with Crippen LogP contribution in [0.2, 0.25) is 0 Å². The third-order valence-corrected chi connectivity index (χ3v) is 6.94. The molecule has 2 aromatic rings. The van der Waals surface area contributed by atoms with Gasteiger partial charge in [0.25, 0.3) is 6.43 Å². The lowest BCUT2D eigenvalue weighted by Crippen LogP contribution is -2.49. The molecule has 0 bridgehead atoms. The second kappa shape index (κ2) is 9.06. The molecule has 1 heterocycles. The number of sulfonamides is 1. The van der Waals surface area contributed by atoms with Crippen molar-refractivity contribution in [1.29, 1.82) is 0 Å². The van der Waals surface area contributed by atoms with Gasteiger partial charge < -0.3 is 4.90 Å². The Bertz CT molecular complexity index is 1150. The Morgan fingerprint density at radius 2 is 1.85 bits per heavy atom. The van der Waals surface area contributed by atoms with E-state index in [2.05, 4.69) is 4.72 Å². The van der Waals surface area contributed by atoms with Crippen molar-refractivity contribution in [2.45, 2.75) is 37.6 Å². The first-order valence-electron chi connectivity index (χ1n) is 10.7. The molecule has 1 N–H and O–H groups in total. The summed E-state index contributed by atoms with van der Waals surface area (Å²) in [4.78, 5) is 14.7. The number of hydrogen-bond donors (Lipinski definition) is 1. The molecule has 1 saturated carbocycles. The van der Waals surface area contributed by atoms with Crippen LogP contribution in [0, 0.1) is 17.6 Å². The average molecular weight is 485 g/mol. The van der Waals surface area contributed by atoms with Crippen molar-refractivity contribution < 1.29 is 30.8 Å². The van der Waals surface area contributed by atoms with Crippen molar-refractivity contribution in [2.24, 2.45) is 5.92 Å². The third-order valence-electron chi connectivity index (χ3n) is 6.18. The van der Waals surface area contributed by atoms with Crippen LogP contribution in [0.1, 0.15) is 42.7 Å². The van der Waals surface area contributed by atoms with E-state index in [1.54, 1.807) is 4.90 Å². The molecule has 5 nitrogen and oxygen atoms in total. The minimum atomic E-state index is -3.41. The first-order valence-corrected chi connectivity index (χ1v) is 12.6. The average Bonchev–Trinajstić information content (AvgIpc) is 3.52. The highest BCUT2D eigenvalue weighted by Crippen LogP contribution is 2.52. The van der Waals surface area contributed by atoms with Gasteiger partial charge in [-0.3, -0.25) is 4.79 Å². The zero-order valence-corrected chi connectivity index (χ0v) is 18.7. The molecule has 1 saturated heterocycles. The number of piperidine rings is 1. The molecular formula is C23H24F4N2O3S. The summed E-state index contributed by atoms with van der Waals surface area (Å²) >= 11 is 0. The van der Waals surface area contributed by atoms with Crippen LogP contribution in [0.15, 0.2) is 36.4 Å². The monoisotopic (exact) mass is 484 g/mol. The minimum absolute atomic E-state index is 0.0268. The number of alkyl halides is 2. The van der Waals surface area contributed by atoms with E-state index >= 15 is 0 Å².